The lowest BCUT2D eigenvalue weighted by Crippen LogP contribution is -3.59. The van der Waals surface area contributed by atoms with Crippen LogP contribution in [0.3, 0.4) is 0 Å². The van der Waals surface area contributed by atoms with E-state index in [2.05, 4.69) is 59.4 Å². The largest absolute Gasteiger partial charge is 0.419 e. The van der Waals surface area contributed by atoms with E-state index in [0.717, 1.165) is 0 Å². The maximum Gasteiger partial charge on any atom is 0.419 e. The molecule has 13 heavy (non-hydrogen) atoms. The summed E-state index contributed by atoms with van der Waals surface area (Å²) in [6.07, 6.45) is 0. The molecule has 1 aromatic rings. The molecule has 0 amide bonds. The second-order valence-corrected chi connectivity index (χ2v) is 10.9. The van der Waals surface area contributed by atoms with Gasteiger partial charge in [-0.3, -0.25) is 0 Å². The highest BCUT2D eigenvalue weighted by Gasteiger charge is 2.12. The molecule has 0 atom stereocenters. The number of rotatable bonds is 1. The Morgan fingerprint density at radius 1 is 1.08 bits per heavy atom. The Balaban J connectivity index is 2.56. The number of hydrogen-bond donors (Lipinski definition) is 0. The molecule has 0 saturated heterocycles. The van der Waals surface area contributed by atoms with Crippen molar-refractivity contribution in [1.29, 1.82) is 0 Å². The average Bonchev–Trinajstić information content (AvgIpc) is 2.04. The van der Waals surface area contributed by atoms with Crippen molar-refractivity contribution in [3.8, 4) is 9.47 Å². The van der Waals surface area contributed by atoms with Crippen molar-refractivity contribution < 1.29 is 21.2 Å². The third-order valence-corrected chi connectivity index (χ3v) is 4.58. The second kappa shape index (κ2) is 4.82. The summed E-state index contributed by atoms with van der Waals surface area (Å²) in [4.78, 5) is 0. The first-order valence-electron chi connectivity index (χ1n) is 4.29. The van der Waals surface area contributed by atoms with Crippen LogP contribution in [0, 0.1) is 13.0 Å². The lowest BCUT2D eigenvalue weighted by atomic mass is 10.4. The third-order valence-electron chi connectivity index (χ3n) is 1.31. The Labute approximate surface area is 92.0 Å². The first-order valence-corrected chi connectivity index (χ1v) is 9.95. The molecule has 0 aliphatic heterocycles. The van der Waals surface area contributed by atoms with E-state index in [9.17, 15) is 0 Å². The molecule has 0 aromatic heterocycles. The number of halogens is 1. The molecule has 0 aliphatic rings. The molecule has 0 fully saturated rings. The summed E-state index contributed by atoms with van der Waals surface area (Å²) in [6, 6.07) is 10.6. The quantitative estimate of drug-likeness (QED) is 0.382. The van der Waals surface area contributed by atoms with E-state index in [1.807, 2.05) is 0 Å². The molecule has 2 heteroatoms. The van der Waals surface area contributed by atoms with Crippen molar-refractivity contribution in [2.24, 2.45) is 0 Å². The van der Waals surface area contributed by atoms with Crippen LogP contribution >= 0.6 is 0 Å². The fraction of sp³-hybridized carbons (Fsp3) is 0.273. The van der Waals surface area contributed by atoms with Gasteiger partial charge in [-0.2, -0.15) is 0 Å². The fourth-order valence-electron chi connectivity index (χ4n) is 0.698. The summed E-state index contributed by atoms with van der Waals surface area (Å²) >= 11 is -0.0656. The van der Waals surface area contributed by atoms with Crippen LogP contribution in [0.25, 0.3) is 0 Å². The van der Waals surface area contributed by atoms with Gasteiger partial charge in [0.05, 0.1) is 0 Å². The van der Waals surface area contributed by atoms with Gasteiger partial charge in [-0.05, 0) is 12.1 Å². The molecule has 0 N–H and O–H groups in total. The van der Waals surface area contributed by atoms with Crippen LogP contribution in [-0.4, -0.2) is 8.07 Å². The van der Waals surface area contributed by atoms with Crippen LogP contribution in [-0.2, 0) is 0 Å². The Hall–Kier alpha value is -0.273. The minimum absolute atomic E-state index is 0.0656. The molecule has 0 spiro atoms. The van der Waals surface area contributed by atoms with Gasteiger partial charge in [0.25, 0.3) is 0 Å². The molecular weight excluding hydrogens is 287 g/mol. The van der Waals surface area contributed by atoms with E-state index >= 15 is 0 Å². The maximum absolute atomic E-state index is 3.41. The van der Waals surface area contributed by atoms with Crippen LogP contribution in [0.4, 0.5) is 0 Å². The molecule has 0 saturated carbocycles. The summed E-state index contributed by atoms with van der Waals surface area (Å²) in [5, 5.41) is 0. The normalized spacial score (nSPS) is 10.4. The molecule has 0 aliphatic carbocycles. The predicted molar refractivity (Wildman–Crippen MR) is 56.3 cm³/mol. The van der Waals surface area contributed by atoms with Crippen molar-refractivity contribution in [2.75, 3.05) is 0 Å². The summed E-state index contributed by atoms with van der Waals surface area (Å²) in [5.41, 5.74) is 3.41. The number of benzene rings is 1. The lowest BCUT2D eigenvalue weighted by molar-refractivity contribution is -0.535. The number of hydrogen-bond acceptors (Lipinski definition) is 0. The topological polar surface area (TPSA) is 0 Å². The van der Waals surface area contributed by atoms with E-state index in [1.54, 1.807) is 0 Å². The van der Waals surface area contributed by atoms with Gasteiger partial charge in [-0.1, -0.05) is 43.4 Å². The van der Waals surface area contributed by atoms with E-state index in [-0.39, 0.29) is 21.2 Å². The molecule has 0 unspecified atom stereocenters. The summed E-state index contributed by atoms with van der Waals surface area (Å²) in [6.45, 7) is 6.86. The first-order chi connectivity index (χ1) is 6.08. The highest BCUT2D eigenvalue weighted by Crippen LogP contribution is 1.94. The van der Waals surface area contributed by atoms with Gasteiger partial charge in [-0.15, -0.1) is 0 Å². The smallest absolute Gasteiger partial charge is 0.0782 e. The van der Waals surface area contributed by atoms with Crippen LogP contribution in [0.5, 0.6) is 0 Å². The maximum atomic E-state index is 3.41. The zero-order chi connectivity index (χ0) is 9.73. The van der Waals surface area contributed by atoms with Gasteiger partial charge >= 0.3 is 21.2 Å². The molecule has 0 heterocycles. The zero-order valence-corrected chi connectivity index (χ0v) is 11.4. The van der Waals surface area contributed by atoms with Crippen LogP contribution in [0.1, 0.15) is 0 Å². The second-order valence-electron chi connectivity index (χ2n) is 3.86. The third kappa shape index (κ3) is 5.12. The van der Waals surface area contributed by atoms with Crippen LogP contribution in [0.15, 0.2) is 30.3 Å². The highest BCUT2D eigenvalue weighted by atomic mass is 127. The summed E-state index contributed by atoms with van der Waals surface area (Å²) in [5.74, 6) is 0. The zero-order valence-electron chi connectivity index (χ0n) is 8.26. The van der Waals surface area contributed by atoms with Crippen molar-refractivity contribution in [3.63, 3.8) is 0 Å². The average molecular weight is 301 g/mol. The minimum atomic E-state index is -1.14. The van der Waals surface area contributed by atoms with Gasteiger partial charge in [0.2, 0.25) is 3.57 Å². The molecule has 1 aromatic carbocycles. The van der Waals surface area contributed by atoms with Crippen LogP contribution in [0.2, 0.25) is 19.6 Å². The summed E-state index contributed by atoms with van der Waals surface area (Å²) in [7, 11) is -1.14. The van der Waals surface area contributed by atoms with Gasteiger partial charge in [-0.25, -0.2) is 0 Å². The molecule has 0 nitrogen and oxygen atoms in total. The molecule has 0 radical (unpaired) electrons. The van der Waals surface area contributed by atoms with E-state index < -0.39 is 8.07 Å². The van der Waals surface area contributed by atoms with Gasteiger partial charge in [0, 0.05) is 0 Å². The van der Waals surface area contributed by atoms with E-state index in [1.165, 1.54) is 3.57 Å². The fourth-order valence-corrected chi connectivity index (χ4v) is 4.95. The Bertz CT molecular complexity index is 313. The van der Waals surface area contributed by atoms with Crippen molar-refractivity contribution in [1.82, 2.24) is 0 Å². The highest BCUT2D eigenvalue weighted by molar-refractivity contribution is 6.83. The van der Waals surface area contributed by atoms with E-state index in [4.69, 9.17) is 0 Å². The first kappa shape index (κ1) is 10.8. The summed E-state index contributed by atoms with van der Waals surface area (Å²) < 4.78 is 4.79. The molecule has 1 rings (SSSR count). The standard InChI is InChI=1S/C11H14ISi/c1-13(2,3)10-9-12-11-7-5-4-6-8-11/h4-8H,1-3H3/q+1. The molecule has 0 bridgehead atoms. The lowest BCUT2D eigenvalue weighted by Gasteiger charge is -2.00. The Kier molecular flexibility index (Phi) is 4.01. The Morgan fingerprint density at radius 2 is 1.69 bits per heavy atom. The van der Waals surface area contributed by atoms with Crippen molar-refractivity contribution in [3.05, 3.63) is 33.9 Å². The minimum Gasteiger partial charge on any atom is -0.0782 e. The van der Waals surface area contributed by atoms with Gasteiger partial charge < -0.3 is 0 Å². The van der Waals surface area contributed by atoms with Gasteiger partial charge in [0.1, 0.15) is 8.07 Å². The van der Waals surface area contributed by atoms with Gasteiger partial charge in [0.15, 0.2) is 3.93 Å². The molecular formula is C11H14ISi+. The SMILES string of the molecule is C[Si](C)(C)C#C[I+]c1ccccc1. The van der Waals surface area contributed by atoms with E-state index in [0.29, 0.717) is 0 Å². The monoisotopic (exact) mass is 301 g/mol. The predicted octanol–water partition coefficient (Wildman–Crippen LogP) is -0.216. The Morgan fingerprint density at radius 3 is 2.23 bits per heavy atom. The van der Waals surface area contributed by atoms with Crippen LogP contribution < -0.4 is 21.2 Å². The molecule has 68 valence electrons. The van der Waals surface area contributed by atoms with Crippen molar-refractivity contribution in [2.45, 2.75) is 19.6 Å². The van der Waals surface area contributed by atoms with Crippen molar-refractivity contribution >= 4 is 8.07 Å².